The highest BCUT2D eigenvalue weighted by molar-refractivity contribution is 5.97. The summed E-state index contributed by atoms with van der Waals surface area (Å²) in [6.07, 6.45) is 0.131. The van der Waals surface area contributed by atoms with Gasteiger partial charge in [0.05, 0.1) is 25.8 Å². The minimum absolute atomic E-state index is 0.00953. The van der Waals surface area contributed by atoms with Gasteiger partial charge in [-0.15, -0.1) is 0 Å². The van der Waals surface area contributed by atoms with Crippen molar-refractivity contribution in [3.8, 4) is 0 Å². The van der Waals surface area contributed by atoms with E-state index in [9.17, 15) is 53.4 Å². The summed E-state index contributed by atoms with van der Waals surface area (Å²) < 4.78 is 0. The topological polar surface area (TPSA) is 509 Å². The number of primary amides is 1. The SMILES string of the molecule is C[C@H](NC(=O)CNC(=O)[C@@H](NC(=O)[C@H](Cc1ccccc1)NC(=O)CNC[C@@H](N)Cc1ccccc1)[C@@H](C)O)C(=O)N[C@@H](CCCN=C(N)N)C(=O)N[C@@H](CCCCN)C(=O)N[C@@H](CO)C(=O)N[C@@H](CCCN=C(N)N)C(N)=O. The van der Waals surface area contributed by atoms with E-state index in [1.54, 1.807) is 30.3 Å². The number of amides is 9. The molecule has 0 aliphatic rings. The third kappa shape index (κ3) is 27.8. The summed E-state index contributed by atoms with van der Waals surface area (Å²) >= 11 is 0. The lowest BCUT2D eigenvalue weighted by Gasteiger charge is -2.26. The third-order valence-electron chi connectivity index (χ3n) is 11.8. The van der Waals surface area contributed by atoms with Crippen LogP contribution in [0.4, 0.5) is 0 Å². The first-order valence-electron chi connectivity index (χ1n) is 25.9. The van der Waals surface area contributed by atoms with Gasteiger partial charge in [0, 0.05) is 32.1 Å². The lowest BCUT2D eigenvalue weighted by atomic mass is 10.0. The summed E-state index contributed by atoms with van der Waals surface area (Å²) in [5, 5.41) is 43.4. The quantitative estimate of drug-likeness (QED) is 0.0169. The third-order valence-corrected chi connectivity index (χ3v) is 11.8. The Labute approximate surface area is 459 Å². The molecule has 0 saturated heterocycles. The first kappa shape index (κ1) is 67.1. The number of aliphatic hydroxyl groups excluding tert-OH is 2. The number of guanidine groups is 2. The molecule has 79 heavy (non-hydrogen) atoms. The lowest BCUT2D eigenvalue weighted by Crippen LogP contribution is -2.60. The van der Waals surface area contributed by atoms with E-state index < -0.39 is 115 Å². The standard InChI is InChI=1S/C50H82N18O11/c1-29(62-40(72)27-61-48(79)41(30(2)70)68-46(77)37(24-32-15-7-4-8-16-32)63-39(71)26-58-25-33(52)23-31-13-5-3-6-14-31)43(74)65-36(19-12-22-60-50(56)57)44(75)66-35(17-9-10-20-51)45(76)67-38(28-69)47(78)64-34(42(53)73)18-11-21-59-49(54)55/h3-8,13-16,29-30,33-38,41,58,69-70H,9-12,17-28,51-52H2,1-2H3,(H2,53,73)(H,61,79)(H,62,72)(H,63,71)(H,64,78)(H,65,74)(H,66,75)(H,67,76)(H,68,77)(H4,54,55,59)(H4,56,57,60)/t29-,30+,33-,34-,35-,36-,37-,38-,41-/m0/s1. The van der Waals surface area contributed by atoms with E-state index in [4.69, 9.17) is 40.1 Å². The fraction of sp³-hybridized carbons (Fsp3) is 0.540. The predicted molar refractivity (Wildman–Crippen MR) is 294 cm³/mol. The summed E-state index contributed by atoms with van der Waals surface area (Å²) in [7, 11) is 0. The fourth-order valence-electron chi connectivity index (χ4n) is 7.59. The number of nitrogens with one attached hydrogen (secondary N) is 9. The molecule has 2 aromatic rings. The van der Waals surface area contributed by atoms with Crippen LogP contribution in [0.1, 0.15) is 69.9 Å². The molecular formula is C50H82N18O11. The molecule has 0 unspecified atom stereocenters. The van der Waals surface area contributed by atoms with Gasteiger partial charge < -0.3 is 98.2 Å². The van der Waals surface area contributed by atoms with Crippen molar-refractivity contribution in [1.29, 1.82) is 0 Å². The van der Waals surface area contributed by atoms with Gasteiger partial charge in [0.25, 0.3) is 0 Å². The molecule has 0 heterocycles. The molecule has 9 amide bonds. The van der Waals surface area contributed by atoms with Crippen LogP contribution in [0, 0.1) is 0 Å². The first-order chi connectivity index (χ1) is 37.5. The van der Waals surface area contributed by atoms with Gasteiger partial charge in [-0.25, -0.2) is 0 Å². The average Bonchev–Trinajstić information content (AvgIpc) is 3.40. The van der Waals surface area contributed by atoms with Crippen LogP contribution in [-0.4, -0.2) is 176 Å². The van der Waals surface area contributed by atoms with Crippen molar-refractivity contribution in [3.63, 3.8) is 0 Å². The van der Waals surface area contributed by atoms with Crippen molar-refractivity contribution in [1.82, 2.24) is 47.9 Å². The van der Waals surface area contributed by atoms with Gasteiger partial charge in [-0.2, -0.15) is 0 Å². The normalized spacial score (nSPS) is 14.3. The Morgan fingerprint density at radius 3 is 1.52 bits per heavy atom. The molecular weight excluding hydrogens is 1030 g/mol. The number of carbonyl (C=O) groups is 9. The fourth-order valence-corrected chi connectivity index (χ4v) is 7.59. The van der Waals surface area contributed by atoms with Gasteiger partial charge in [0.2, 0.25) is 53.2 Å². The minimum Gasteiger partial charge on any atom is -0.394 e. The Hall–Kier alpha value is -7.99. The Bertz CT molecular complexity index is 2320. The van der Waals surface area contributed by atoms with Crippen molar-refractivity contribution < 1.29 is 53.4 Å². The highest BCUT2D eigenvalue weighted by Crippen LogP contribution is 2.09. The second-order valence-corrected chi connectivity index (χ2v) is 18.6. The van der Waals surface area contributed by atoms with Crippen molar-refractivity contribution >= 4 is 65.1 Å². The number of nitrogens with two attached hydrogens (primary N) is 7. The number of hydrogen-bond acceptors (Lipinski definition) is 16. The van der Waals surface area contributed by atoms with E-state index in [0.29, 0.717) is 31.4 Å². The van der Waals surface area contributed by atoms with Crippen LogP contribution in [-0.2, 0) is 56.0 Å². The maximum Gasteiger partial charge on any atom is 0.245 e. The Balaban J connectivity index is 2.13. The van der Waals surface area contributed by atoms with Gasteiger partial charge in [-0.05, 0) is 82.9 Å². The second-order valence-electron chi connectivity index (χ2n) is 18.6. The molecule has 0 bridgehead atoms. The Morgan fingerprint density at radius 1 is 0.532 bits per heavy atom. The molecule has 0 spiro atoms. The smallest absolute Gasteiger partial charge is 0.245 e. The van der Waals surface area contributed by atoms with E-state index in [1.165, 1.54) is 13.8 Å². The summed E-state index contributed by atoms with van der Waals surface area (Å²) in [5.41, 5.74) is 40.6. The predicted octanol–water partition coefficient (Wildman–Crippen LogP) is -6.99. The van der Waals surface area contributed by atoms with Gasteiger partial charge in [0.15, 0.2) is 11.9 Å². The zero-order valence-electron chi connectivity index (χ0n) is 44.8. The van der Waals surface area contributed by atoms with Crippen LogP contribution in [0.3, 0.4) is 0 Å². The van der Waals surface area contributed by atoms with E-state index in [0.717, 1.165) is 5.56 Å². The molecule has 0 radical (unpaired) electrons. The zero-order chi connectivity index (χ0) is 58.9. The number of nitrogens with zero attached hydrogens (tertiary/aromatic N) is 2. The molecule has 0 aliphatic heterocycles. The molecule has 2 rings (SSSR count). The second kappa shape index (κ2) is 36.9. The maximum absolute atomic E-state index is 13.9. The molecule has 438 valence electrons. The maximum atomic E-state index is 13.9. The number of unbranched alkanes of at least 4 members (excludes halogenated alkanes) is 1. The Morgan fingerprint density at radius 2 is 1.00 bits per heavy atom. The minimum atomic E-state index is -1.61. The van der Waals surface area contributed by atoms with Crippen molar-refractivity contribution in [2.24, 2.45) is 50.1 Å². The van der Waals surface area contributed by atoms with E-state index in [-0.39, 0.29) is 82.7 Å². The van der Waals surface area contributed by atoms with Gasteiger partial charge in [0.1, 0.15) is 42.3 Å². The summed E-state index contributed by atoms with van der Waals surface area (Å²) in [5.74, 6) is -8.16. The van der Waals surface area contributed by atoms with E-state index in [1.807, 2.05) is 30.3 Å². The van der Waals surface area contributed by atoms with Crippen molar-refractivity contribution in [2.45, 2.75) is 126 Å². The van der Waals surface area contributed by atoms with Crippen LogP contribution in [0.2, 0.25) is 0 Å². The van der Waals surface area contributed by atoms with Crippen LogP contribution in [0.5, 0.6) is 0 Å². The number of benzene rings is 2. The van der Waals surface area contributed by atoms with Crippen molar-refractivity contribution in [3.05, 3.63) is 71.8 Å². The van der Waals surface area contributed by atoms with Crippen LogP contribution < -0.4 is 88.0 Å². The molecule has 0 aliphatic carbocycles. The largest absolute Gasteiger partial charge is 0.394 e. The zero-order valence-corrected chi connectivity index (χ0v) is 44.8. The van der Waals surface area contributed by atoms with Crippen molar-refractivity contribution in [2.75, 3.05) is 45.9 Å². The Kier molecular flexibility index (Phi) is 31.4. The molecule has 0 aromatic heterocycles. The van der Waals surface area contributed by atoms with Crippen LogP contribution in [0.15, 0.2) is 70.6 Å². The highest BCUT2D eigenvalue weighted by Gasteiger charge is 2.33. The number of carbonyl (C=O) groups excluding carboxylic acids is 9. The highest BCUT2D eigenvalue weighted by atomic mass is 16.3. The lowest BCUT2D eigenvalue weighted by molar-refractivity contribution is -0.135. The molecule has 29 nitrogen and oxygen atoms in total. The summed E-state index contributed by atoms with van der Waals surface area (Å²) in [6.45, 7) is 1.37. The van der Waals surface area contributed by atoms with Crippen LogP contribution >= 0.6 is 0 Å². The summed E-state index contributed by atoms with van der Waals surface area (Å²) in [4.78, 5) is 127. The molecule has 0 saturated carbocycles. The number of rotatable bonds is 38. The number of hydrogen-bond donors (Lipinski definition) is 18. The average molecular weight is 1110 g/mol. The van der Waals surface area contributed by atoms with Gasteiger partial charge >= 0.3 is 0 Å². The molecule has 2 aromatic carbocycles. The molecule has 0 fully saturated rings. The van der Waals surface area contributed by atoms with Gasteiger partial charge in [-0.1, -0.05) is 60.7 Å². The molecule has 9 atom stereocenters. The number of aliphatic imine (C=N–C) groups is 2. The molecule has 25 N–H and O–H groups in total. The number of aliphatic hydroxyl groups is 2. The summed E-state index contributed by atoms with van der Waals surface area (Å²) in [6, 6.07) is 8.34. The molecule has 29 heteroatoms. The monoisotopic (exact) mass is 1110 g/mol. The van der Waals surface area contributed by atoms with Crippen LogP contribution in [0.25, 0.3) is 0 Å². The van der Waals surface area contributed by atoms with Gasteiger partial charge in [-0.3, -0.25) is 53.1 Å². The first-order valence-corrected chi connectivity index (χ1v) is 25.9. The van der Waals surface area contributed by atoms with E-state index >= 15 is 0 Å². The van der Waals surface area contributed by atoms with E-state index in [2.05, 4.69) is 57.8 Å².